The van der Waals surface area contributed by atoms with E-state index >= 15 is 0 Å². The molecule has 1 heterocycles. The van der Waals surface area contributed by atoms with E-state index in [1.807, 2.05) is 0 Å². The Morgan fingerprint density at radius 1 is 1.11 bits per heavy atom. The Morgan fingerprint density at radius 3 is 2.22 bits per heavy atom. The van der Waals surface area contributed by atoms with Gasteiger partial charge in [0.25, 0.3) is 0 Å². The van der Waals surface area contributed by atoms with Gasteiger partial charge in [0.1, 0.15) is 0 Å². The van der Waals surface area contributed by atoms with Crippen LogP contribution in [0, 0.1) is 6.92 Å². The van der Waals surface area contributed by atoms with Crippen LogP contribution in [0.5, 0.6) is 0 Å². The molecule has 0 spiro atoms. The maximum atomic E-state index is 10.7. The van der Waals surface area contributed by atoms with Crippen molar-refractivity contribution < 1.29 is 78.9 Å². The van der Waals surface area contributed by atoms with Gasteiger partial charge < -0.3 is 24.8 Å². The van der Waals surface area contributed by atoms with Crippen LogP contribution in [-0.2, 0) is 0 Å². The van der Waals surface area contributed by atoms with Gasteiger partial charge >= 0.3 is 59.1 Å². The predicted octanol–water partition coefficient (Wildman–Crippen LogP) is -6.79. The number of aromatic amines is 1. The zero-order valence-corrected chi connectivity index (χ0v) is 14.4. The minimum absolute atomic E-state index is 0. The summed E-state index contributed by atoms with van der Waals surface area (Å²) in [5.41, 5.74) is 0.991. The van der Waals surface area contributed by atoms with E-state index in [2.05, 4.69) is 4.98 Å². The summed E-state index contributed by atoms with van der Waals surface area (Å²) in [7, 11) is 0. The number of aryl methyl sites for hydroxylation is 1. The summed E-state index contributed by atoms with van der Waals surface area (Å²) in [4.78, 5) is 24.0. The Morgan fingerprint density at radius 2 is 1.72 bits per heavy atom. The third-order valence-corrected chi connectivity index (χ3v) is 2.50. The van der Waals surface area contributed by atoms with Gasteiger partial charge in [-0.1, -0.05) is 6.07 Å². The molecule has 0 fully saturated rings. The standard InChI is InChI=1S/C11H9NO4.2Na/c1-5-7-4-6(10(13)14)2-3-8(7)12-9(5)11(15)16;;/h2-4,12H,1H3,(H,13,14)(H,15,16);;/q;2*+1/p-2. The summed E-state index contributed by atoms with van der Waals surface area (Å²) in [5, 5.41) is 21.9. The molecular formula is C11H7NNa2O4. The van der Waals surface area contributed by atoms with Crippen LogP contribution < -0.4 is 69.3 Å². The first kappa shape index (κ1) is 17.7. The number of hydrogen-bond donors (Lipinski definition) is 1. The third kappa shape index (κ3) is 3.17. The van der Waals surface area contributed by atoms with Gasteiger partial charge in [0.05, 0.1) is 17.6 Å². The summed E-state index contributed by atoms with van der Waals surface area (Å²) in [6, 6.07) is 4.23. The number of nitrogens with one attached hydrogen (secondary N) is 1. The van der Waals surface area contributed by atoms with Gasteiger partial charge in [0, 0.05) is 10.9 Å². The quantitative estimate of drug-likeness (QED) is 0.545. The van der Waals surface area contributed by atoms with Crippen LogP contribution in [0.3, 0.4) is 0 Å². The molecule has 7 heteroatoms. The molecule has 0 aliphatic heterocycles. The first-order valence-electron chi connectivity index (χ1n) is 4.55. The second kappa shape index (κ2) is 6.75. The van der Waals surface area contributed by atoms with E-state index in [-0.39, 0.29) is 70.4 Å². The number of hydrogen-bond acceptors (Lipinski definition) is 4. The van der Waals surface area contributed by atoms with E-state index in [9.17, 15) is 19.8 Å². The molecule has 0 saturated carbocycles. The fraction of sp³-hybridized carbons (Fsp3) is 0.0909. The second-order valence-corrected chi connectivity index (χ2v) is 3.46. The Kier molecular flexibility index (Phi) is 6.63. The molecule has 1 N–H and O–H groups in total. The zero-order chi connectivity index (χ0) is 11.9. The number of H-pyrrole nitrogens is 1. The first-order valence-corrected chi connectivity index (χ1v) is 4.55. The number of carbonyl (C=O) groups is 2. The zero-order valence-electron chi connectivity index (χ0n) is 10.4. The van der Waals surface area contributed by atoms with Crippen molar-refractivity contribution >= 4 is 22.8 Å². The van der Waals surface area contributed by atoms with Crippen LogP contribution in [0.1, 0.15) is 26.4 Å². The van der Waals surface area contributed by atoms with Crippen molar-refractivity contribution in [1.29, 1.82) is 0 Å². The molecule has 0 amide bonds. The fourth-order valence-corrected chi connectivity index (χ4v) is 1.66. The molecule has 0 saturated heterocycles. The monoisotopic (exact) mass is 263 g/mol. The number of rotatable bonds is 2. The average Bonchev–Trinajstić information content (AvgIpc) is 2.56. The molecule has 0 atom stereocenters. The number of benzene rings is 1. The van der Waals surface area contributed by atoms with E-state index in [4.69, 9.17) is 0 Å². The number of carboxylic acids is 2. The van der Waals surface area contributed by atoms with E-state index in [0.717, 1.165) is 0 Å². The maximum Gasteiger partial charge on any atom is 1.00 e. The number of aromatic nitrogens is 1. The van der Waals surface area contributed by atoms with Gasteiger partial charge in [0.2, 0.25) is 0 Å². The normalized spacial score (nSPS) is 9.39. The molecule has 0 aliphatic rings. The Labute approximate surface area is 147 Å². The summed E-state index contributed by atoms with van der Waals surface area (Å²) < 4.78 is 0. The largest absolute Gasteiger partial charge is 1.00 e. The van der Waals surface area contributed by atoms with Crippen molar-refractivity contribution in [1.82, 2.24) is 4.98 Å². The summed E-state index contributed by atoms with van der Waals surface area (Å²) in [5.74, 6) is -2.61. The molecule has 1 aromatic carbocycles. The minimum Gasteiger partial charge on any atom is -0.545 e. The van der Waals surface area contributed by atoms with Gasteiger partial charge in [-0.3, -0.25) is 0 Å². The molecule has 18 heavy (non-hydrogen) atoms. The van der Waals surface area contributed by atoms with E-state index in [1.165, 1.54) is 18.2 Å². The second-order valence-electron chi connectivity index (χ2n) is 3.46. The van der Waals surface area contributed by atoms with Gasteiger partial charge in [0.15, 0.2) is 0 Å². The van der Waals surface area contributed by atoms with Crippen LogP contribution in [0.25, 0.3) is 10.9 Å². The molecule has 0 bridgehead atoms. The molecule has 82 valence electrons. The van der Waals surface area contributed by atoms with Gasteiger partial charge in [-0.25, -0.2) is 0 Å². The van der Waals surface area contributed by atoms with Crippen molar-refractivity contribution in [2.75, 3.05) is 0 Å². The first-order chi connectivity index (χ1) is 7.50. The average molecular weight is 263 g/mol. The number of fused-ring (bicyclic) bond motifs is 1. The van der Waals surface area contributed by atoms with E-state index < -0.39 is 11.9 Å². The summed E-state index contributed by atoms with van der Waals surface area (Å²) >= 11 is 0. The minimum atomic E-state index is -1.32. The molecular weight excluding hydrogens is 256 g/mol. The van der Waals surface area contributed by atoms with E-state index in [0.29, 0.717) is 16.5 Å². The van der Waals surface area contributed by atoms with Gasteiger partial charge in [-0.15, -0.1) is 0 Å². The van der Waals surface area contributed by atoms with E-state index in [1.54, 1.807) is 6.92 Å². The molecule has 0 aliphatic carbocycles. The number of carbonyl (C=O) groups excluding carboxylic acids is 2. The maximum absolute atomic E-state index is 10.7. The third-order valence-electron chi connectivity index (χ3n) is 2.50. The fourth-order valence-electron chi connectivity index (χ4n) is 1.66. The van der Waals surface area contributed by atoms with Gasteiger partial charge in [-0.2, -0.15) is 0 Å². The van der Waals surface area contributed by atoms with Crippen molar-refractivity contribution in [3.8, 4) is 0 Å². The van der Waals surface area contributed by atoms with Crippen LogP contribution in [0.15, 0.2) is 18.2 Å². The van der Waals surface area contributed by atoms with Crippen molar-refractivity contribution in [2.24, 2.45) is 0 Å². The van der Waals surface area contributed by atoms with Crippen molar-refractivity contribution in [3.63, 3.8) is 0 Å². The number of aromatic carboxylic acids is 2. The molecule has 1 aromatic heterocycles. The Bertz CT molecular complexity index is 606. The Hall–Kier alpha value is -0.300. The summed E-state index contributed by atoms with van der Waals surface area (Å²) in [6.45, 7) is 1.59. The molecule has 2 rings (SSSR count). The van der Waals surface area contributed by atoms with Crippen LogP contribution in [0.2, 0.25) is 0 Å². The SMILES string of the molecule is Cc1c(C(=O)[O-])[nH]c2ccc(C(=O)[O-])cc12.[Na+].[Na+]. The molecule has 0 unspecified atom stereocenters. The molecule has 0 radical (unpaired) electrons. The molecule has 2 aromatic rings. The summed E-state index contributed by atoms with van der Waals surface area (Å²) in [6.07, 6.45) is 0. The number of carboxylic acid groups (broad SMARTS) is 2. The van der Waals surface area contributed by atoms with Gasteiger partial charge in [-0.05, 0) is 30.2 Å². The van der Waals surface area contributed by atoms with Crippen LogP contribution in [0.4, 0.5) is 0 Å². The van der Waals surface area contributed by atoms with Crippen molar-refractivity contribution in [3.05, 3.63) is 35.0 Å². The smallest absolute Gasteiger partial charge is 0.545 e. The molecule has 5 nitrogen and oxygen atoms in total. The predicted molar refractivity (Wildman–Crippen MR) is 51.7 cm³/mol. The van der Waals surface area contributed by atoms with Crippen LogP contribution in [-0.4, -0.2) is 16.9 Å². The van der Waals surface area contributed by atoms with Crippen molar-refractivity contribution in [2.45, 2.75) is 6.92 Å². The Balaban J connectivity index is 0.00000144. The van der Waals surface area contributed by atoms with Crippen LogP contribution >= 0.6 is 0 Å². The topological polar surface area (TPSA) is 96.0 Å².